The lowest BCUT2D eigenvalue weighted by atomic mass is 10.1. The zero-order valence-electron chi connectivity index (χ0n) is 12.6. The lowest BCUT2D eigenvalue weighted by Crippen LogP contribution is -2.07. The number of nitrogens with zero attached hydrogens (tertiary/aromatic N) is 3. The molecule has 112 valence electrons. The van der Waals surface area contributed by atoms with Gasteiger partial charge in [-0.25, -0.2) is 0 Å². The summed E-state index contributed by atoms with van der Waals surface area (Å²) in [4.78, 5) is 10.8. The molecule has 0 atom stereocenters. The van der Waals surface area contributed by atoms with Gasteiger partial charge in [-0.3, -0.25) is 9.36 Å². The van der Waals surface area contributed by atoms with Crippen molar-refractivity contribution in [2.45, 2.75) is 38.8 Å². The van der Waals surface area contributed by atoms with E-state index in [1.165, 1.54) is 17.3 Å². The van der Waals surface area contributed by atoms with Gasteiger partial charge in [0.1, 0.15) is 5.82 Å². The summed E-state index contributed by atoms with van der Waals surface area (Å²) in [6.07, 6.45) is 0. The molecule has 0 saturated heterocycles. The number of rotatable bonds is 5. The SMILES string of the molecule is Cc1ccc(-n2c(SCC(=O)O)nnc2C(C)C)c(C)c1. The average Bonchev–Trinajstić information content (AvgIpc) is 2.80. The summed E-state index contributed by atoms with van der Waals surface area (Å²) in [6, 6.07) is 6.17. The smallest absolute Gasteiger partial charge is 0.313 e. The van der Waals surface area contributed by atoms with Gasteiger partial charge >= 0.3 is 5.97 Å². The van der Waals surface area contributed by atoms with Crippen molar-refractivity contribution < 1.29 is 9.90 Å². The van der Waals surface area contributed by atoms with Crippen molar-refractivity contribution in [3.8, 4) is 5.69 Å². The molecule has 0 fully saturated rings. The first-order valence-corrected chi connectivity index (χ1v) is 7.76. The van der Waals surface area contributed by atoms with Crippen molar-refractivity contribution in [2.24, 2.45) is 0 Å². The Morgan fingerprint density at radius 2 is 2.05 bits per heavy atom. The van der Waals surface area contributed by atoms with Crippen molar-refractivity contribution in [2.75, 3.05) is 5.75 Å². The number of hydrogen-bond acceptors (Lipinski definition) is 4. The number of carboxylic acid groups (broad SMARTS) is 1. The molecule has 0 aliphatic carbocycles. The molecule has 2 aromatic rings. The molecule has 0 spiro atoms. The Labute approximate surface area is 128 Å². The quantitative estimate of drug-likeness (QED) is 0.859. The van der Waals surface area contributed by atoms with Crippen LogP contribution in [0.2, 0.25) is 0 Å². The monoisotopic (exact) mass is 305 g/mol. The summed E-state index contributed by atoms with van der Waals surface area (Å²) in [6.45, 7) is 8.19. The predicted molar refractivity (Wildman–Crippen MR) is 83.3 cm³/mol. The van der Waals surface area contributed by atoms with E-state index in [9.17, 15) is 4.79 Å². The molecule has 1 N–H and O–H groups in total. The third-order valence-corrected chi connectivity index (χ3v) is 4.01. The van der Waals surface area contributed by atoms with Gasteiger partial charge < -0.3 is 5.11 Å². The molecule has 0 bridgehead atoms. The Balaban J connectivity index is 2.52. The van der Waals surface area contributed by atoms with Gasteiger partial charge in [-0.1, -0.05) is 43.3 Å². The van der Waals surface area contributed by atoms with Crippen LogP contribution in [-0.2, 0) is 4.79 Å². The topological polar surface area (TPSA) is 68.0 Å². The Hall–Kier alpha value is -1.82. The third kappa shape index (κ3) is 3.44. The lowest BCUT2D eigenvalue weighted by Gasteiger charge is -2.14. The zero-order chi connectivity index (χ0) is 15.6. The van der Waals surface area contributed by atoms with E-state index < -0.39 is 5.97 Å². The molecule has 21 heavy (non-hydrogen) atoms. The minimum atomic E-state index is -0.860. The van der Waals surface area contributed by atoms with E-state index in [2.05, 4.69) is 30.1 Å². The van der Waals surface area contributed by atoms with Gasteiger partial charge in [-0.2, -0.15) is 0 Å². The van der Waals surface area contributed by atoms with Crippen molar-refractivity contribution >= 4 is 17.7 Å². The Kier molecular flexibility index (Phi) is 4.67. The Morgan fingerprint density at radius 1 is 1.33 bits per heavy atom. The zero-order valence-corrected chi connectivity index (χ0v) is 13.4. The molecule has 2 rings (SSSR count). The fourth-order valence-corrected chi connectivity index (χ4v) is 2.83. The minimum Gasteiger partial charge on any atom is -0.481 e. The second kappa shape index (κ2) is 6.30. The lowest BCUT2D eigenvalue weighted by molar-refractivity contribution is -0.133. The molecule has 1 aromatic heterocycles. The van der Waals surface area contributed by atoms with E-state index in [1.807, 2.05) is 30.5 Å². The number of hydrogen-bond donors (Lipinski definition) is 1. The van der Waals surface area contributed by atoms with Crippen LogP contribution in [0.1, 0.15) is 36.7 Å². The van der Waals surface area contributed by atoms with Crippen LogP contribution in [0.25, 0.3) is 5.69 Å². The van der Waals surface area contributed by atoms with Crippen LogP contribution in [0.4, 0.5) is 0 Å². The maximum Gasteiger partial charge on any atom is 0.313 e. The molecule has 0 amide bonds. The van der Waals surface area contributed by atoms with Gasteiger partial charge in [0.25, 0.3) is 0 Å². The van der Waals surface area contributed by atoms with Crippen molar-refractivity contribution in [3.63, 3.8) is 0 Å². The molecule has 0 aliphatic rings. The normalized spacial score (nSPS) is 11.1. The number of carbonyl (C=O) groups is 1. The van der Waals surface area contributed by atoms with Crippen LogP contribution in [0, 0.1) is 13.8 Å². The highest BCUT2D eigenvalue weighted by atomic mass is 32.2. The van der Waals surface area contributed by atoms with Crippen molar-refractivity contribution in [1.29, 1.82) is 0 Å². The average molecular weight is 305 g/mol. The summed E-state index contributed by atoms with van der Waals surface area (Å²) in [5.41, 5.74) is 3.31. The second-order valence-corrected chi connectivity index (χ2v) is 6.25. The summed E-state index contributed by atoms with van der Waals surface area (Å²) < 4.78 is 1.97. The second-order valence-electron chi connectivity index (χ2n) is 5.30. The fraction of sp³-hybridized carbons (Fsp3) is 0.400. The van der Waals surface area contributed by atoms with E-state index in [0.717, 1.165) is 17.1 Å². The van der Waals surface area contributed by atoms with E-state index in [0.29, 0.717) is 5.16 Å². The highest BCUT2D eigenvalue weighted by Crippen LogP contribution is 2.27. The molecule has 0 radical (unpaired) electrons. The number of carboxylic acids is 1. The van der Waals surface area contributed by atoms with Crippen LogP contribution in [0.15, 0.2) is 23.4 Å². The van der Waals surface area contributed by atoms with Crippen LogP contribution in [-0.4, -0.2) is 31.6 Å². The van der Waals surface area contributed by atoms with Gasteiger partial charge in [-0.05, 0) is 25.5 Å². The molecular weight excluding hydrogens is 286 g/mol. The summed E-state index contributed by atoms with van der Waals surface area (Å²) in [5.74, 6) is 0.162. The van der Waals surface area contributed by atoms with E-state index in [-0.39, 0.29) is 11.7 Å². The summed E-state index contributed by atoms with van der Waals surface area (Å²) >= 11 is 1.19. The third-order valence-electron chi connectivity index (χ3n) is 3.09. The van der Waals surface area contributed by atoms with Crippen molar-refractivity contribution in [1.82, 2.24) is 14.8 Å². The first-order valence-electron chi connectivity index (χ1n) is 6.77. The molecule has 6 heteroatoms. The maximum absolute atomic E-state index is 10.8. The van der Waals surface area contributed by atoms with Crippen LogP contribution >= 0.6 is 11.8 Å². The number of benzene rings is 1. The predicted octanol–water partition coefficient (Wildman–Crippen LogP) is 3.18. The molecule has 0 saturated carbocycles. The van der Waals surface area contributed by atoms with Crippen LogP contribution in [0.5, 0.6) is 0 Å². The van der Waals surface area contributed by atoms with Crippen LogP contribution in [0.3, 0.4) is 0 Å². The number of aryl methyl sites for hydroxylation is 2. The highest BCUT2D eigenvalue weighted by Gasteiger charge is 2.18. The molecule has 1 heterocycles. The van der Waals surface area contributed by atoms with Gasteiger partial charge in [0, 0.05) is 5.92 Å². The highest BCUT2D eigenvalue weighted by molar-refractivity contribution is 7.99. The molecule has 1 aromatic carbocycles. The van der Waals surface area contributed by atoms with Crippen molar-refractivity contribution in [3.05, 3.63) is 35.2 Å². The molecule has 0 unspecified atom stereocenters. The minimum absolute atomic E-state index is 0.0266. The van der Waals surface area contributed by atoms with Crippen LogP contribution < -0.4 is 0 Å². The molecule has 0 aliphatic heterocycles. The molecule has 5 nitrogen and oxygen atoms in total. The first kappa shape index (κ1) is 15.6. The largest absolute Gasteiger partial charge is 0.481 e. The first-order chi connectivity index (χ1) is 9.90. The van der Waals surface area contributed by atoms with Gasteiger partial charge in [0.2, 0.25) is 0 Å². The number of aliphatic carboxylic acids is 1. The summed E-state index contributed by atoms with van der Waals surface area (Å²) in [5, 5.41) is 17.9. The summed E-state index contributed by atoms with van der Waals surface area (Å²) in [7, 11) is 0. The maximum atomic E-state index is 10.8. The van der Waals surface area contributed by atoms with E-state index in [4.69, 9.17) is 5.11 Å². The Bertz CT molecular complexity index is 665. The number of thioether (sulfide) groups is 1. The van der Waals surface area contributed by atoms with Gasteiger partial charge in [0.05, 0.1) is 11.4 Å². The standard InChI is InChI=1S/C15H19N3O2S/c1-9(2)14-16-17-15(21-8-13(19)20)18(14)12-6-5-10(3)7-11(12)4/h5-7,9H,8H2,1-4H3,(H,19,20). The van der Waals surface area contributed by atoms with Gasteiger partial charge in [0.15, 0.2) is 5.16 Å². The van der Waals surface area contributed by atoms with Gasteiger partial charge in [-0.15, -0.1) is 10.2 Å². The fourth-order valence-electron chi connectivity index (χ4n) is 2.16. The van der Waals surface area contributed by atoms with E-state index in [1.54, 1.807) is 0 Å². The Morgan fingerprint density at radius 3 is 2.62 bits per heavy atom. The molecular formula is C15H19N3O2S. The number of aromatic nitrogens is 3. The van der Waals surface area contributed by atoms with E-state index >= 15 is 0 Å².